The Kier molecular flexibility index (Phi) is 4.84. The highest BCUT2D eigenvalue weighted by molar-refractivity contribution is 7.99. The number of nitrogens with zero attached hydrogens (tertiary/aromatic N) is 1. The van der Waals surface area contributed by atoms with E-state index in [-0.39, 0.29) is 5.91 Å². The summed E-state index contributed by atoms with van der Waals surface area (Å²) in [5.41, 5.74) is 3.40. The number of aryl methyl sites for hydroxylation is 1. The molecule has 0 bridgehead atoms. The van der Waals surface area contributed by atoms with Crippen molar-refractivity contribution in [3.05, 3.63) is 47.3 Å². The molecule has 4 rings (SSSR count). The van der Waals surface area contributed by atoms with Gasteiger partial charge in [0.15, 0.2) is 5.16 Å². The topological polar surface area (TPSA) is 57.8 Å². The van der Waals surface area contributed by atoms with Crippen molar-refractivity contribution in [1.82, 2.24) is 15.3 Å². The molecular formula is C20H25N3OS. The molecule has 1 aromatic carbocycles. The molecule has 25 heavy (non-hydrogen) atoms. The average Bonchev–Trinajstić information content (AvgIpc) is 3.52. The maximum Gasteiger partial charge on any atom is 0.230 e. The maximum absolute atomic E-state index is 12.3. The van der Waals surface area contributed by atoms with E-state index in [1.807, 2.05) is 25.1 Å². The van der Waals surface area contributed by atoms with Crippen LogP contribution in [0.25, 0.3) is 0 Å². The van der Waals surface area contributed by atoms with Gasteiger partial charge < -0.3 is 10.3 Å². The van der Waals surface area contributed by atoms with E-state index in [9.17, 15) is 4.79 Å². The molecular weight excluding hydrogens is 330 g/mol. The summed E-state index contributed by atoms with van der Waals surface area (Å²) in [6, 6.07) is 10.8. The van der Waals surface area contributed by atoms with Gasteiger partial charge in [-0.1, -0.05) is 42.1 Å². The summed E-state index contributed by atoms with van der Waals surface area (Å²) < 4.78 is 0. The highest BCUT2D eigenvalue weighted by Gasteiger charge is 2.42. The molecule has 2 aromatic rings. The molecule has 0 spiro atoms. The summed E-state index contributed by atoms with van der Waals surface area (Å²) in [5, 5.41) is 4.11. The van der Waals surface area contributed by atoms with E-state index >= 15 is 0 Å². The lowest BCUT2D eigenvalue weighted by molar-refractivity contribution is -0.119. The van der Waals surface area contributed by atoms with E-state index in [0.717, 1.165) is 34.8 Å². The van der Waals surface area contributed by atoms with Crippen LogP contribution in [0.15, 0.2) is 35.5 Å². The normalized spacial score (nSPS) is 17.0. The second-order valence-corrected chi connectivity index (χ2v) is 8.30. The van der Waals surface area contributed by atoms with Gasteiger partial charge in [0, 0.05) is 18.2 Å². The number of amides is 1. The van der Waals surface area contributed by atoms with Gasteiger partial charge in [0.05, 0.1) is 11.4 Å². The van der Waals surface area contributed by atoms with Crippen molar-refractivity contribution in [2.75, 3.05) is 5.75 Å². The van der Waals surface area contributed by atoms with Gasteiger partial charge in [0.25, 0.3) is 0 Å². The lowest BCUT2D eigenvalue weighted by Crippen LogP contribution is -2.39. The number of carbonyl (C=O) groups excluding carboxylic acids is 1. The monoisotopic (exact) mass is 355 g/mol. The fourth-order valence-electron chi connectivity index (χ4n) is 3.39. The molecule has 5 heteroatoms. The van der Waals surface area contributed by atoms with Gasteiger partial charge in [0.2, 0.25) is 5.91 Å². The lowest BCUT2D eigenvalue weighted by Gasteiger charge is -2.17. The van der Waals surface area contributed by atoms with Crippen molar-refractivity contribution in [1.29, 1.82) is 0 Å². The first kappa shape index (κ1) is 16.7. The zero-order valence-electron chi connectivity index (χ0n) is 14.6. The molecule has 0 atom stereocenters. The summed E-state index contributed by atoms with van der Waals surface area (Å²) >= 11 is 1.50. The van der Waals surface area contributed by atoms with Crippen molar-refractivity contribution < 1.29 is 4.79 Å². The predicted octanol–water partition coefficient (Wildman–Crippen LogP) is 3.71. The molecule has 1 amide bonds. The Morgan fingerprint density at radius 1 is 1.24 bits per heavy atom. The number of nitrogens with one attached hydrogen (secondary N) is 2. The minimum Gasteiger partial charge on any atom is -0.352 e. The standard InChI is InChI=1S/C20H25N3OS/c1-13-17(11-14-5-3-2-4-6-14)22-20(21-13)25-12-18(24)23-19(15-7-8-15)16-9-10-16/h2-6,15-16,19H,7-12H2,1H3,(H,21,22)(H,23,24). The van der Waals surface area contributed by atoms with E-state index in [1.165, 1.54) is 43.0 Å². The third kappa shape index (κ3) is 4.46. The number of carbonyl (C=O) groups is 1. The molecule has 0 aliphatic heterocycles. The van der Waals surface area contributed by atoms with Crippen LogP contribution >= 0.6 is 11.8 Å². The summed E-state index contributed by atoms with van der Waals surface area (Å²) in [6.45, 7) is 2.05. The first-order valence-electron chi connectivity index (χ1n) is 9.20. The van der Waals surface area contributed by atoms with Crippen LogP contribution in [-0.4, -0.2) is 27.7 Å². The van der Waals surface area contributed by atoms with Gasteiger partial charge in [-0.3, -0.25) is 4.79 Å². The quantitative estimate of drug-likeness (QED) is 0.710. The maximum atomic E-state index is 12.3. The van der Waals surface area contributed by atoms with E-state index < -0.39 is 0 Å². The van der Waals surface area contributed by atoms with Crippen molar-refractivity contribution in [3.8, 4) is 0 Å². The molecule has 2 saturated carbocycles. The fraction of sp³-hybridized carbons (Fsp3) is 0.500. The number of imidazole rings is 1. The molecule has 1 heterocycles. The predicted molar refractivity (Wildman–Crippen MR) is 101 cm³/mol. The second-order valence-electron chi connectivity index (χ2n) is 7.33. The van der Waals surface area contributed by atoms with Gasteiger partial charge in [-0.25, -0.2) is 4.98 Å². The van der Waals surface area contributed by atoms with E-state index in [1.54, 1.807) is 0 Å². The van der Waals surface area contributed by atoms with Gasteiger partial charge in [-0.05, 0) is 50.0 Å². The smallest absolute Gasteiger partial charge is 0.230 e. The van der Waals surface area contributed by atoms with Gasteiger partial charge in [0.1, 0.15) is 0 Å². The van der Waals surface area contributed by atoms with Crippen LogP contribution in [0.5, 0.6) is 0 Å². The SMILES string of the molecule is Cc1[nH]c(SCC(=O)NC(C2CC2)C2CC2)nc1Cc1ccccc1. The van der Waals surface area contributed by atoms with Crippen molar-refractivity contribution in [3.63, 3.8) is 0 Å². The van der Waals surface area contributed by atoms with Gasteiger partial charge >= 0.3 is 0 Å². The largest absolute Gasteiger partial charge is 0.352 e. The molecule has 2 N–H and O–H groups in total. The van der Waals surface area contributed by atoms with E-state index in [4.69, 9.17) is 0 Å². The number of rotatable bonds is 8. The minimum absolute atomic E-state index is 0.146. The number of hydrogen-bond acceptors (Lipinski definition) is 3. The molecule has 1 aromatic heterocycles. The van der Waals surface area contributed by atoms with Crippen molar-refractivity contribution in [2.24, 2.45) is 11.8 Å². The highest BCUT2D eigenvalue weighted by atomic mass is 32.2. The number of aromatic amines is 1. The molecule has 0 saturated heterocycles. The third-order valence-electron chi connectivity index (χ3n) is 5.11. The summed E-state index contributed by atoms with van der Waals surface area (Å²) in [7, 11) is 0. The number of hydrogen-bond donors (Lipinski definition) is 2. The Hall–Kier alpha value is -1.75. The Morgan fingerprint density at radius 3 is 2.56 bits per heavy atom. The summed E-state index contributed by atoms with van der Waals surface area (Å²) in [5.74, 6) is 2.07. The van der Waals surface area contributed by atoms with E-state index in [0.29, 0.717) is 11.8 Å². The van der Waals surface area contributed by atoms with Crippen LogP contribution in [0, 0.1) is 18.8 Å². The van der Waals surface area contributed by atoms with Crippen LogP contribution in [-0.2, 0) is 11.2 Å². The van der Waals surface area contributed by atoms with Crippen LogP contribution in [0.4, 0.5) is 0 Å². The summed E-state index contributed by atoms with van der Waals surface area (Å²) in [6.07, 6.45) is 5.97. The lowest BCUT2D eigenvalue weighted by atomic mass is 10.1. The average molecular weight is 356 g/mol. The number of H-pyrrole nitrogens is 1. The number of benzene rings is 1. The van der Waals surface area contributed by atoms with E-state index in [2.05, 4.69) is 27.4 Å². The molecule has 4 nitrogen and oxygen atoms in total. The Morgan fingerprint density at radius 2 is 1.92 bits per heavy atom. The molecule has 2 fully saturated rings. The van der Waals surface area contributed by atoms with Crippen LogP contribution in [0.1, 0.15) is 42.6 Å². The van der Waals surface area contributed by atoms with Gasteiger partial charge in [-0.2, -0.15) is 0 Å². The van der Waals surface area contributed by atoms with Crippen molar-refractivity contribution in [2.45, 2.75) is 50.2 Å². The Bertz CT molecular complexity index is 723. The van der Waals surface area contributed by atoms with Crippen LogP contribution < -0.4 is 5.32 Å². The third-order valence-corrected chi connectivity index (χ3v) is 5.98. The molecule has 2 aliphatic rings. The van der Waals surface area contributed by atoms with Crippen LogP contribution in [0.2, 0.25) is 0 Å². The second kappa shape index (κ2) is 7.24. The number of aromatic nitrogens is 2. The zero-order valence-corrected chi connectivity index (χ0v) is 15.4. The fourth-order valence-corrected chi connectivity index (χ4v) is 4.14. The highest BCUT2D eigenvalue weighted by Crippen LogP contribution is 2.44. The molecule has 0 unspecified atom stereocenters. The number of thioether (sulfide) groups is 1. The summed E-state index contributed by atoms with van der Waals surface area (Å²) in [4.78, 5) is 20.3. The molecule has 2 aliphatic carbocycles. The molecule has 132 valence electrons. The minimum atomic E-state index is 0.146. The van der Waals surface area contributed by atoms with Crippen LogP contribution in [0.3, 0.4) is 0 Å². The first-order chi connectivity index (χ1) is 12.2. The Labute approximate surface area is 153 Å². The molecule has 0 radical (unpaired) electrons. The Balaban J connectivity index is 1.30. The first-order valence-corrected chi connectivity index (χ1v) is 10.2. The van der Waals surface area contributed by atoms with Gasteiger partial charge in [-0.15, -0.1) is 0 Å². The van der Waals surface area contributed by atoms with Crippen molar-refractivity contribution >= 4 is 17.7 Å². The zero-order chi connectivity index (χ0) is 17.2.